The molecule has 0 aromatic rings. The van der Waals surface area contributed by atoms with Gasteiger partial charge in [0.1, 0.15) is 0 Å². The van der Waals surface area contributed by atoms with Crippen LogP contribution in [0.1, 0.15) is 66.2 Å². The lowest BCUT2D eigenvalue weighted by Gasteiger charge is -2.31. The highest BCUT2D eigenvalue weighted by Gasteiger charge is 2.43. The molecule has 2 heteroatoms. The predicted octanol–water partition coefficient (Wildman–Crippen LogP) is 4.75. The van der Waals surface area contributed by atoms with Crippen molar-refractivity contribution < 1.29 is 9.90 Å². The first-order valence-corrected chi connectivity index (χ1v) is 8.52. The van der Waals surface area contributed by atoms with E-state index in [1.165, 1.54) is 11.1 Å². The Morgan fingerprint density at radius 3 is 2.64 bits per heavy atom. The Labute approximate surface area is 135 Å². The van der Waals surface area contributed by atoms with Gasteiger partial charge in [-0.1, -0.05) is 44.6 Å². The summed E-state index contributed by atoms with van der Waals surface area (Å²) < 4.78 is 0. The summed E-state index contributed by atoms with van der Waals surface area (Å²) in [5, 5.41) is 10.5. The van der Waals surface area contributed by atoms with Gasteiger partial charge in [0.05, 0.1) is 6.10 Å². The number of aliphatic hydroxyl groups excluding tert-OH is 1. The number of carbonyl (C=O) groups excluding carboxylic acids is 1. The Bertz CT molecular complexity index is 536. The van der Waals surface area contributed by atoms with Crippen molar-refractivity contribution in [3.63, 3.8) is 0 Å². The Morgan fingerprint density at radius 2 is 2.00 bits per heavy atom. The van der Waals surface area contributed by atoms with Crippen LogP contribution in [0.4, 0.5) is 0 Å². The first-order chi connectivity index (χ1) is 10.2. The molecule has 0 bridgehead atoms. The maximum absolute atomic E-state index is 12.5. The van der Waals surface area contributed by atoms with Crippen LogP contribution < -0.4 is 0 Å². The van der Waals surface area contributed by atoms with Crippen LogP contribution in [0.3, 0.4) is 0 Å². The summed E-state index contributed by atoms with van der Waals surface area (Å²) in [6.07, 6.45) is 6.66. The van der Waals surface area contributed by atoms with Gasteiger partial charge in [0.15, 0.2) is 5.78 Å². The molecule has 0 saturated heterocycles. The van der Waals surface area contributed by atoms with E-state index in [9.17, 15) is 9.90 Å². The molecule has 0 heterocycles. The lowest BCUT2D eigenvalue weighted by Crippen LogP contribution is -2.25. The van der Waals surface area contributed by atoms with Crippen LogP contribution >= 0.6 is 0 Å². The van der Waals surface area contributed by atoms with Gasteiger partial charge in [-0.05, 0) is 61.5 Å². The van der Waals surface area contributed by atoms with Crippen molar-refractivity contribution in [2.24, 2.45) is 11.3 Å². The van der Waals surface area contributed by atoms with Gasteiger partial charge in [-0.25, -0.2) is 0 Å². The molecule has 0 amide bonds. The quantitative estimate of drug-likeness (QED) is 0.710. The summed E-state index contributed by atoms with van der Waals surface area (Å²) in [4.78, 5) is 12.5. The monoisotopic (exact) mass is 302 g/mol. The van der Waals surface area contributed by atoms with E-state index in [1.807, 2.05) is 0 Å². The summed E-state index contributed by atoms with van der Waals surface area (Å²) in [5.74, 6) is 0.545. The number of fused-ring (bicyclic) bond motifs is 1. The van der Waals surface area contributed by atoms with Crippen LogP contribution in [-0.2, 0) is 4.79 Å². The van der Waals surface area contributed by atoms with E-state index in [4.69, 9.17) is 0 Å². The molecule has 2 aliphatic carbocycles. The second-order valence-electron chi connectivity index (χ2n) is 7.67. The van der Waals surface area contributed by atoms with E-state index in [0.29, 0.717) is 12.8 Å². The Kier molecular flexibility index (Phi) is 5.11. The molecule has 122 valence electrons. The Hall–Kier alpha value is -1.15. The molecule has 0 aromatic heterocycles. The summed E-state index contributed by atoms with van der Waals surface area (Å²) in [7, 11) is 0. The van der Waals surface area contributed by atoms with Crippen LogP contribution in [0, 0.1) is 11.3 Å². The predicted molar refractivity (Wildman–Crippen MR) is 91.6 cm³/mol. The fraction of sp³-hybridized carbons (Fsp3) is 0.650. The van der Waals surface area contributed by atoms with Crippen molar-refractivity contribution in [2.75, 3.05) is 0 Å². The lowest BCUT2D eigenvalue weighted by atomic mass is 9.74. The lowest BCUT2D eigenvalue weighted by molar-refractivity contribution is -0.116. The molecule has 0 aromatic carbocycles. The maximum atomic E-state index is 12.5. The molecule has 0 aliphatic heterocycles. The normalized spacial score (nSPS) is 33.5. The van der Waals surface area contributed by atoms with E-state index < -0.39 is 6.10 Å². The van der Waals surface area contributed by atoms with Gasteiger partial charge in [-0.3, -0.25) is 4.79 Å². The third-order valence-electron chi connectivity index (χ3n) is 5.32. The van der Waals surface area contributed by atoms with Gasteiger partial charge in [-0.2, -0.15) is 0 Å². The average Bonchev–Trinajstić information content (AvgIpc) is 2.65. The molecular formula is C20H30O2. The third kappa shape index (κ3) is 3.43. The first kappa shape index (κ1) is 17.2. The smallest absolute Gasteiger partial charge is 0.159 e. The van der Waals surface area contributed by atoms with Crippen LogP contribution in [0.25, 0.3) is 0 Å². The number of hydrogen-bond acceptors (Lipinski definition) is 2. The SMILES string of the molecule is C=C1CC/C=C(\C)CCC2=C(C(C)C)C(=O)C[C@]2(C)C[C@@H]1O. The zero-order chi connectivity index (χ0) is 16.5. The molecule has 2 rings (SSSR count). The number of carbonyl (C=O) groups is 1. The van der Waals surface area contributed by atoms with E-state index in [-0.39, 0.29) is 17.1 Å². The van der Waals surface area contributed by atoms with Crippen LogP contribution in [-0.4, -0.2) is 17.0 Å². The molecule has 2 aliphatic rings. The molecule has 0 saturated carbocycles. The van der Waals surface area contributed by atoms with Gasteiger partial charge in [0.25, 0.3) is 0 Å². The molecule has 2 nitrogen and oxygen atoms in total. The minimum absolute atomic E-state index is 0.205. The van der Waals surface area contributed by atoms with E-state index in [1.54, 1.807) is 0 Å². The molecule has 0 fully saturated rings. The third-order valence-corrected chi connectivity index (χ3v) is 5.32. The number of hydrogen-bond donors (Lipinski definition) is 1. The van der Waals surface area contributed by atoms with Gasteiger partial charge < -0.3 is 5.11 Å². The van der Waals surface area contributed by atoms with Crippen LogP contribution in [0.2, 0.25) is 0 Å². The van der Waals surface area contributed by atoms with Crippen molar-refractivity contribution in [2.45, 2.75) is 72.3 Å². The van der Waals surface area contributed by atoms with E-state index >= 15 is 0 Å². The van der Waals surface area contributed by atoms with Crippen LogP contribution in [0.5, 0.6) is 0 Å². The summed E-state index contributed by atoms with van der Waals surface area (Å²) in [6.45, 7) is 12.6. The highest BCUT2D eigenvalue weighted by Crippen LogP contribution is 2.49. The van der Waals surface area contributed by atoms with Crippen molar-refractivity contribution in [1.29, 1.82) is 0 Å². The summed E-state index contributed by atoms with van der Waals surface area (Å²) in [5.41, 5.74) is 4.38. The number of allylic oxidation sites excluding steroid dienone is 4. The zero-order valence-corrected chi connectivity index (χ0v) is 14.5. The molecule has 0 unspecified atom stereocenters. The van der Waals surface area contributed by atoms with Crippen LogP contribution in [0.15, 0.2) is 34.9 Å². The highest BCUT2D eigenvalue weighted by atomic mass is 16.3. The molecule has 22 heavy (non-hydrogen) atoms. The summed E-state index contributed by atoms with van der Waals surface area (Å²) in [6, 6.07) is 0. The number of Topliss-reactive ketones (excluding diaryl/α,β-unsaturated/α-hetero) is 1. The summed E-state index contributed by atoms with van der Waals surface area (Å²) >= 11 is 0. The average molecular weight is 302 g/mol. The van der Waals surface area contributed by atoms with Gasteiger partial charge in [0.2, 0.25) is 0 Å². The fourth-order valence-electron chi connectivity index (χ4n) is 4.02. The molecule has 1 N–H and O–H groups in total. The van der Waals surface area contributed by atoms with Gasteiger partial charge in [0, 0.05) is 6.42 Å². The topological polar surface area (TPSA) is 37.3 Å². The minimum atomic E-state index is -0.508. The largest absolute Gasteiger partial charge is 0.389 e. The maximum Gasteiger partial charge on any atom is 0.159 e. The van der Waals surface area contributed by atoms with Crippen molar-refractivity contribution in [3.8, 4) is 0 Å². The van der Waals surface area contributed by atoms with Crippen molar-refractivity contribution in [3.05, 3.63) is 34.9 Å². The molecule has 2 atom stereocenters. The van der Waals surface area contributed by atoms with E-state index in [0.717, 1.165) is 36.8 Å². The second kappa shape index (κ2) is 6.54. The van der Waals surface area contributed by atoms with Crippen molar-refractivity contribution in [1.82, 2.24) is 0 Å². The van der Waals surface area contributed by atoms with Crippen molar-refractivity contribution >= 4 is 5.78 Å². The fourth-order valence-corrected chi connectivity index (χ4v) is 4.02. The molecular weight excluding hydrogens is 272 g/mol. The Morgan fingerprint density at radius 1 is 1.32 bits per heavy atom. The van der Waals surface area contributed by atoms with E-state index in [2.05, 4.69) is 40.3 Å². The Balaban J connectivity index is 2.44. The number of ketones is 1. The zero-order valence-electron chi connectivity index (χ0n) is 14.5. The minimum Gasteiger partial charge on any atom is -0.389 e. The highest BCUT2D eigenvalue weighted by molar-refractivity contribution is 6.00. The molecule has 0 radical (unpaired) electrons. The standard InChI is InChI=1S/C20H30O2/c1-13(2)19-16-10-9-14(3)7-6-8-15(4)17(21)11-20(16,5)12-18(19)22/h7,13,17,21H,4,6,8-12H2,1-3,5H3/b14-7+/t17-,20-/m0/s1. The second-order valence-corrected chi connectivity index (χ2v) is 7.67. The number of rotatable bonds is 1. The van der Waals surface area contributed by atoms with Gasteiger partial charge in [-0.15, -0.1) is 0 Å². The molecule has 0 spiro atoms. The van der Waals surface area contributed by atoms with Gasteiger partial charge >= 0.3 is 0 Å². The number of aliphatic hydroxyl groups is 1. The first-order valence-electron chi connectivity index (χ1n) is 8.52.